The Kier molecular flexibility index (Phi) is 97.9. The molecule has 0 aromatic rings. The minimum atomic E-state index is -0.0761. The molecule has 0 bridgehead atoms. The van der Waals surface area contributed by atoms with Crippen LogP contribution >= 0.6 is 24.8 Å². The Morgan fingerprint density at radius 3 is 0.452 bits per heavy atom. The summed E-state index contributed by atoms with van der Waals surface area (Å²) in [7, 11) is 8.35. The molecule has 624 valence electrons. The molecule has 0 aliphatic carbocycles. The normalized spacial score (nSPS) is 11.3. The lowest BCUT2D eigenvalue weighted by atomic mass is 10.0. The number of hydrogen-bond acceptors (Lipinski definition) is 12. The van der Waals surface area contributed by atoms with Crippen LogP contribution in [0.15, 0.2) is 0 Å². The lowest BCUT2D eigenvalue weighted by Crippen LogP contribution is -2.34. The maximum absolute atomic E-state index is 12.3. The van der Waals surface area contributed by atoms with Crippen LogP contribution in [0.1, 0.15) is 451 Å². The molecule has 0 aliphatic rings. The molecule has 0 aromatic heterocycles. The Hall–Kier alpha value is -1.70. The minimum Gasteiger partial charge on any atom is -0.464 e. The lowest BCUT2D eigenvalue weighted by Gasteiger charge is -2.23. The number of halogens is 2. The van der Waals surface area contributed by atoms with Crippen LogP contribution in [0, 0.1) is 0 Å². The van der Waals surface area contributed by atoms with Crippen LogP contribution in [-0.2, 0) is 38.1 Å². The van der Waals surface area contributed by atoms with Crippen LogP contribution < -0.4 is 0 Å². The largest absolute Gasteiger partial charge is 0.464 e. The van der Waals surface area contributed by atoms with Gasteiger partial charge in [0.1, 0.15) is 26.4 Å². The molecule has 0 fully saturated rings. The summed E-state index contributed by atoms with van der Waals surface area (Å²) in [6, 6.07) is 0. The second kappa shape index (κ2) is 93.7. The van der Waals surface area contributed by atoms with Crippen molar-refractivity contribution in [2.45, 2.75) is 451 Å². The Bertz CT molecular complexity index is 1460. The molecule has 0 saturated heterocycles. The molecule has 0 rings (SSSR count). The number of esters is 4. The van der Waals surface area contributed by atoms with Gasteiger partial charge in [-0.25, -0.2) is 0 Å². The standard InChI is InChI=1S/2C45H90N2O4.2ClH/c2*1-5-7-9-11-13-15-17-19-21-23-25-27-29-31-33-36-44(48)50-42-40-47(39-35-38-46(3)4)41-43-51-45(49)37-34-32-30-28-26-24-22-20-18-16-14-12-10-8-6-2;;/h2*5-43H2,1-4H3;2*1H. The number of hydrogen-bond donors (Lipinski definition) is 0. The van der Waals surface area contributed by atoms with Gasteiger partial charge < -0.3 is 28.7 Å². The maximum atomic E-state index is 12.3. The predicted octanol–water partition coefficient (Wildman–Crippen LogP) is 26.5. The zero-order valence-electron chi connectivity index (χ0n) is 71.0. The van der Waals surface area contributed by atoms with E-state index >= 15 is 0 Å². The molecule has 0 aliphatic heterocycles. The zero-order chi connectivity index (χ0) is 74.6. The molecule has 0 atom stereocenters. The van der Waals surface area contributed by atoms with Gasteiger partial charge in [0, 0.05) is 51.9 Å². The van der Waals surface area contributed by atoms with E-state index in [0.717, 1.165) is 90.4 Å². The molecule has 14 heteroatoms. The van der Waals surface area contributed by atoms with E-state index in [1.165, 1.54) is 334 Å². The van der Waals surface area contributed by atoms with Crippen molar-refractivity contribution in [1.82, 2.24) is 19.6 Å². The Morgan fingerprint density at radius 2 is 0.317 bits per heavy atom. The summed E-state index contributed by atoms with van der Waals surface area (Å²) in [4.78, 5) is 58.2. The first-order chi connectivity index (χ1) is 50.0. The summed E-state index contributed by atoms with van der Waals surface area (Å²) >= 11 is 0. The van der Waals surface area contributed by atoms with E-state index in [-0.39, 0.29) is 48.7 Å². The fraction of sp³-hybridized carbons (Fsp3) is 0.956. The summed E-state index contributed by atoms with van der Waals surface area (Å²) in [6.45, 7) is 17.4. The molecule has 0 amide bonds. The van der Waals surface area contributed by atoms with Gasteiger partial charge in [0.25, 0.3) is 0 Å². The minimum absolute atomic E-state index is 0. The number of unbranched alkanes of at least 4 members (excludes halogenated alkanes) is 56. The van der Waals surface area contributed by atoms with Gasteiger partial charge >= 0.3 is 23.9 Å². The van der Waals surface area contributed by atoms with E-state index in [0.29, 0.717) is 78.3 Å². The van der Waals surface area contributed by atoms with Gasteiger partial charge in [0.15, 0.2) is 0 Å². The first-order valence-electron chi connectivity index (χ1n) is 45.3. The molecule has 0 unspecified atom stereocenters. The summed E-state index contributed by atoms with van der Waals surface area (Å²) < 4.78 is 22.3. The second-order valence-corrected chi connectivity index (χ2v) is 31.7. The van der Waals surface area contributed by atoms with Crippen LogP contribution in [-0.4, -0.2) is 150 Å². The van der Waals surface area contributed by atoms with Crippen molar-refractivity contribution in [1.29, 1.82) is 0 Å². The molecule has 0 saturated carbocycles. The van der Waals surface area contributed by atoms with Crippen molar-refractivity contribution in [2.24, 2.45) is 0 Å². The number of ether oxygens (including phenoxy) is 4. The van der Waals surface area contributed by atoms with Gasteiger partial charge in [-0.2, -0.15) is 0 Å². The molecule has 0 radical (unpaired) electrons. The van der Waals surface area contributed by atoms with Crippen molar-refractivity contribution in [3.63, 3.8) is 0 Å². The molecule has 0 heterocycles. The first-order valence-corrected chi connectivity index (χ1v) is 45.3. The fourth-order valence-electron chi connectivity index (χ4n) is 13.9. The number of nitrogens with zero attached hydrogens (tertiary/aromatic N) is 4. The van der Waals surface area contributed by atoms with Gasteiger partial charge in [0.05, 0.1) is 0 Å². The van der Waals surface area contributed by atoms with E-state index in [4.69, 9.17) is 18.9 Å². The molecular formula is C90H182Cl2N4O8. The number of carbonyl (C=O) groups is 4. The molecule has 0 aromatic carbocycles. The van der Waals surface area contributed by atoms with Crippen molar-refractivity contribution in [3.05, 3.63) is 0 Å². The molecular weight excluding hydrogens is 1340 g/mol. The van der Waals surface area contributed by atoms with Crippen LogP contribution in [0.25, 0.3) is 0 Å². The average Bonchev–Trinajstić information content (AvgIpc) is 1.38. The van der Waals surface area contributed by atoms with Gasteiger partial charge in [-0.05, 0) is 92.9 Å². The SMILES string of the molecule is CCCCCCCCCCCCCCCCCC(=O)OCCN(CCCN(C)C)CCOC(=O)CCCCCCCCCCCCCCCCC.CCCCCCCCCCCCCCCCCC(=O)OCCN(CCCN(C)C)CCOC(=O)CCCCCCCCCCCCCCCCC.Cl.Cl. The molecule has 104 heavy (non-hydrogen) atoms. The van der Waals surface area contributed by atoms with Crippen molar-refractivity contribution in [2.75, 3.05) is 107 Å². The van der Waals surface area contributed by atoms with Crippen molar-refractivity contribution < 1.29 is 38.1 Å². The van der Waals surface area contributed by atoms with E-state index in [1.807, 2.05) is 0 Å². The molecule has 12 nitrogen and oxygen atoms in total. The molecule has 0 N–H and O–H groups in total. The number of rotatable bonds is 84. The van der Waals surface area contributed by atoms with E-state index < -0.39 is 0 Å². The third kappa shape index (κ3) is 94.5. The average molecular weight is 1520 g/mol. The zero-order valence-corrected chi connectivity index (χ0v) is 72.7. The quantitative estimate of drug-likeness (QED) is 0.0328. The third-order valence-electron chi connectivity index (χ3n) is 20.8. The third-order valence-corrected chi connectivity index (χ3v) is 20.8. The van der Waals surface area contributed by atoms with E-state index in [1.54, 1.807) is 0 Å². The Balaban J connectivity index is -0.000000943. The number of carbonyl (C=O) groups excluding carboxylic acids is 4. The summed E-state index contributed by atoms with van der Waals surface area (Å²) in [5.74, 6) is -0.304. The van der Waals surface area contributed by atoms with E-state index in [2.05, 4.69) is 75.5 Å². The summed E-state index contributed by atoms with van der Waals surface area (Å²) in [5, 5.41) is 0. The first kappa shape index (κ1) is 109. The highest BCUT2D eigenvalue weighted by Crippen LogP contribution is 2.19. The monoisotopic (exact) mass is 1520 g/mol. The van der Waals surface area contributed by atoms with Crippen molar-refractivity contribution >= 4 is 48.7 Å². The summed E-state index contributed by atoms with van der Waals surface area (Å²) in [5.41, 5.74) is 0. The van der Waals surface area contributed by atoms with E-state index in [9.17, 15) is 19.2 Å². The fourth-order valence-corrected chi connectivity index (χ4v) is 13.9. The highest BCUT2D eigenvalue weighted by atomic mass is 35.5. The Morgan fingerprint density at radius 1 is 0.183 bits per heavy atom. The van der Waals surface area contributed by atoms with Gasteiger partial charge in [-0.3, -0.25) is 29.0 Å². The smallest absolute Gasteiger partial charge is 0.305 e. The maximum Gasteiger partial charge on any atom is 0.305 e. The van der Waals surface area contributed by atoms with Gasteiger partial charge in [-0.1, -0.05) is 387 Å². The van der Waals surface area contributed by atoms with Gasteiger partial charge in [0.2, 0.25) is 0 Å². The van der Waals surface area contributed by atoms with Gasteiger partial charge in [-0.15, -0.1) is 24.8 Å². The topological polar surface area (TPSA) is 118 Å². The molecule has 0 spiro atoms. The van der Waals surface area contributed by atoms with Crippen LogP contribution in [0.5, 0.6) is 0 Å². The van der Waals surface area contributed by atoms with Crippen LogP contribution in [0.2, 0.25) is 0 Å². The summed E-state index contributed by atoms with van der Waals surface area (Å²) in [6.07, 6.45) is 83.7. The highest BCUT2D eigenvalue weighted by Gasteiger charge is 2.13. The second-order valence-electron chi connectivity index (χ2n) is 31.7. The predicted molar refractivity (Wildman–Crippen MR) is 456 cm³/mol. The Labute approximate surface area is 661 Å². The lowest BCUT2D eigenvalue weighted by molar-refractivity contribution is -0.146. The highest BCUT2D eigenvalue weighted by molar-refractivity contribution is 5.85. The van der Waals surface area contributed by atoms with Crippen molar-refractivity contribution in [3.8, 4) is 0 Å². The van der Waals surface area contributed by atoms with Crippen LogP contribution in [0.3, 0.4) is 0 Å². The van der Waals surface area contributed by atoms with Crippen LogP contribution in [0.4, 0.5) is 0 Å².